The van der Waals surface area contributed by atoms with Gasteiger partial charge in [0.25, 0.3) is 11.6 Å². The number of nitrogens with zero attached hydrogens (tertiary/aromatic N) is 3. The first-order chi connectivity index (χ1) is 14.9. The summed E-state index contributed by atoms with van der Waals surface area (Å²) in [5, 5.41) is 23.8. The summed E-state index contributed by atoms with van der Waals surface area (Å²) in [5.41, 5.74) is 2.75. The zero-order valence-electron chi connectivity index (χ0n) is 17.1. The SMILES string of the molecule is Cc1ccccc1NC(=O)/C(C#N)=C/c1ccc(N(C)c2ccccc2)c([N+](=O)[O-])c1. The van der Waals surface area contributed by atoms with Crippen molar-refractivity contribution in [1.82, 2.24) is 0 Å². The lowest BCUT2D eigenvalue weighted by Crippen LogP contribution is -2.14. The summed E-state index contributed by atoms with van der Waals surface area (Å²) >= 11 is 0. The summed E-state index contributed by atoms with van der Waals surface area (Å²) in [7, 11) is 1.74. The van der Waals surface area contributed by atoms with Gasteiger partial charge < -0.3 is 10.2 Å². The summed E-state index contributed by atoms with van der Waals surface area (Å²) in [4.78, 5) is 25.5. The number of para-hydroxylation sites is 2. The van der Waals surface area contributed by atoms with Crippen LogP contribution in [0.25, 0.3) is 6.08 Å². The number of amides is 1. The second-order valence-corrected chi connectivity index (χ2v) is 6.84. The molecule has 0 bridgehead atoms. The third kappa shape index (κ3) is 4.95. The Bertz CT molecular complexity index is 1200. The number of nitriles is 1. The van der Waals surface area contributed by atoms with E-state index in [-0.39, 0.29) is 11.3 Å². The van der Waals surface area contributed by atoms with E-state index in [1.807, 2.05) is 55.5 Å². The standard InChI is InChI=1S/C24H20N4O3/c1-17-8-6-7-11-21(17)26-24(29)19(16-25)14-18-12-13-22(23(15-18)28(30)31)27(2)20-9-4-3-5-10-20/h3-15H,1-2H3,(H,26,29)/b19-14+. The number of hydrogen-bond donors (Lipinski definition) is 1. The summed E-state index contributed by atoms with van der Waals surface area (Å²) < 4.78 is 0. The van der Waals surface area contributed by atoms with Crippen LogP contribution >= 0.6 is 0 Å². The van der Waals surface area contributed by atoms with E-state index in [2.05, 4.69) is 5.32 Å². The Morgan fingerprint density at radius 3 is 2.42 bits per heavy atom. The van der Waals surface area contributed by atoms with Crippen molar-refractivity contribution in [3.05, 3.63) is 99.6 Å². The average Bonchev–Trinajstić information content (AvgIpc) is 2.78. The van der Waals surface area contributed by atoms with Crippen molar-refractivity contribution >= 4 is 34.7 Å². The summed E-state index contributed by atoms with van der Waals surface area (Å²) in [6, 6.07) is 22.9. The summed E-state index contributed by atoms with van der Waals surface area (Å²) in [6.45, 7) is 1.84. The molecule has 31 heavy (non-hydrogen) atoms. The van der Waals surface area contributed by atoms with Crippen LogP contribution in [-0.2, 0) is 4.79 Å². The van der Waals surface area contributed by atoms with Gasteiger partial charge in [-0.15, -0.1) is 0 Å². The van der Waals surface area contributed by atoms with Crippen molar-refractivity contribution < 1.29 is 9.72 Å². The lowest BCUT2D eigenvalue weighted by atomic mass is 10.1. The highest BCUT2D eigenvalue weighted by Gasteiger charge is 2.19. The molecule has 0 unspecified atom stereocenters. The Morgan fingerprint density at radius 2 is 1.77 bits per heavy atom. The van der Waals surface area contributed by atoms with Crippen LogP contribution in [0.5, 0.6) is 0 Å². The molecule has 1 N–H and O–H groups in total. The summed E-state index contributed by atoms with van der Waals surface area (Å²) in [6.07, 6.45) is 1.34. The normalized spacial score (nSPS) is 10.8. The molecule has 0 fully saturated rings. The van der Waals surface area contributed by atoms with E-state index in [9.17, 15) is 20.2 Å². The van der Waals surface area contributed by atoms with Gasteiger partial charge in [-0.25, -0.2) is 0 Å². The molecule has 0 heterocycles. The molecule has 3 aromatic carbocycles. The third-order valence-corrected chi connectivity index (χ3v) is 4.77. The number of hydrogen-bond acceptors (Lipinski definition) is 5. The fourth-order valence-corrected chi connectivity index (χ4v) is 3.07. The Labute approximate surface area is 180 Å². The molecular weight excluding hydrogens is 392 g/mol. The second-order valence-electron chi connectivity index (χ2n) is 6.84. The molecule has 0 saturated heterocycles. The van der Waals surface area contributed by atoms with Gasteiger partial charge in [0.1, 0.15) is 17.3 Å². The van der Waals surface area contributed by atoms with E-state index in [1.165, 1.54) is 12.1 Å². The zero-order chi connectivity index (χ0) is 22.4. The molecule has 7 heteroatoms. The van der Waals surface area contributed by atoms with Gasteiger partial charge in [-0.3, -0.25) is 14.9 Å². The molecule has 0 saturated carbocycles. The van der Waals surface area contributed by atoms with Crippen molar-refractivity contribution in [2.75, 3.05) is 17.3 Å². The predicted octanol–water partition coefficient (Wildman–Crippen LogP) is 5.22. The number of carbonyl (C=O) groups is 1. The number of rotatable bonds is 6. The molecule has 0 radical (unpaired) electrons. The first-order valence-electron chi connectivity index (χ1n) is 9.46. The van der Waals surface area contributed by atoms with Crippen LogP contribution in [0.15, 0.2) is 78.4 Å². The minimum Gasteiger partial charge on any atom is -0.339 e. The Balaban J connectivity index is 1.93. The van der Waals surface area contributed by atoms with E-state index in [1.54, 1.807) is 36.2 Å². The monoisotopic (exact) mass is 412 g/mol. The van der Waals surface area contributed by atoms with E-state index in [0.717, 1.165) is 11.3 Å². The van der Waals surface area contributed by atoms with Gasteiger partial charge in [-0.1, -0.05) is 42.5 Å². The van der Waals surface area contributed by atoms with Crippen LogP contribution in [0, 0.1) is 28.4 Å². The fraction of sp³-hybridized carbons (Fsp3) is 0.0833. The van der Waals surface area contributed by atoms with E-state index < -0.39 is 10.8 Å². The molecule has 0 aromatic heterocycles. The van der Waals surface area contributed by atoms with Crippen LogP contribution in [0.1, 0.15) is 11.1 Å². The maximum atomic E-state index is 12.5. The summed E-state index contributed by atoms with van der Waals surface area (Å²) in [5.74, 6) is -0.579. The Morgan fingerprint density at radius 1 is 1.10 bits per heavy atom. The maximum absolute atomic E-state index is 12.5. The molecule has 3 aromatic rings. The molecule has 0 aliphatic rings. The fourth-order valence-electron chi connectivity index (χ4n) is 3.07. The Kier molecular flexibility index (Phi) is 6.43. The maximum Gasteiger partial charge on any atom is 0.293 e. The van der Waals surface area contributed by atoms with Crippen LogP contribution in [0.2, 0.25) is 0 Å². The molecule has 0 aliphatic carbocycles. The van der Waals surface area contributed by atoms with Crippen LogP contribution in [-0.4, -0.2) is 17.9 Å². The van der Waals surface area contributed by atoms with Gasteiger partial charge >= 0.3 is 0 Å². The average molecular weight is 412 g/mol. The van der Waals surface area contributed by atoms with Crippen LogP contribution in [0.4, 0.5) is 22.7 Å². The number of nitrogens with one attached hydrogen (secondary N) is 1. The molecule has 154 valence electrons. The van der Waals surface area contributed by atoms with Gasteiger partial charge in [0.15, 0.2) is 0 Å². The van der Waals surface area contributed by atoms with Gasteiger partial charge in [0.2, 0.25) is 0 Å². The predicted molar refractivity (Wildman–Crippen MR) is 121 cm³/mol. The topological polar surface area (TPSA) is 99.3 Å². The smallest absolute Gasteiger partial charge is 0.293 e. The van der Waals surface area contributed by atoms with Gasteiger partial charge in [-0.05, 0) is 48.4 Å². The van der Waals surface area contributed by atoms with E-state index in [0.29, 0.717) is 16.9 Å². The minimum atomic E-state index is -0.579. The number of aryl methyl sites for hydroxylation is 1. The molecule has 1 amide bonds. The molecule has 0 atom stereocenters. The Hall–Kier alpha value is -4.44. The zero-order valence-corrected chi connectivity index (χ0v) is 17.1. The number of carbonyl (C=O) groups excluding carboxylic acids is 1. The number of nitro groups is 1. The van der Waals surface area contributed by atoms with Crippen molar-refractivity contribution in [2.24, 2.45) is 0 Å². The second kappa shape index (κ2) is 9.37. The number of anilines is 3. The van der Waals surface area contributed by atoms with E-state index >= 15 is 0 Å². The highest BCUT2D eigenvalue weighted by molar-refractivity contribution is 6.10. The first-order valence-corrected chi connectivity index (χ1v) is 9.46. The quantitative estimate of drug-likeness (QED) is 0.259. The molecule has 0 spiro atoms. The van der Waals surface area contributed by atoms with Crippen LogP contribution < -0.4 is 10.2 Å². The lowest BCUT2D eigenvalue weighted by molar-refractivity contribution is -0.384. The first kappa shape index (κ1) is 21.3. The third-order valence-electron chi connectivity index (χ3n) is 4.77. The molecule has 7 nitrogen and oxygen atoms in total. The molecule has 3 rings (SSSR count). The van der Waals surface area contributed by atoms with Crippen molar-refractivity contribution in [1.29, 1.82) is 5.26 Å². The highest BCUT2D eigenvalue weighted by atomic mass is 16.6. The minimum absolute atomic E-state index is 0.128. The number of benzene rings is 3. The van der Waals surface area contributed by atoms with Crippen molar-refractivity contribution in [3.63, 3.8) is 0 Å². The van der Waals surface area contributed by atoms with Crippen LogP contribution in [0.3, 0.4) is 0 Å². The molecule has 0 aliphatic heterocycles. The van der Waals surface area contributed by atoms with Gasteiger partial charge in [0, 0.05) is 24.5 Å². The van der Waals surface area contributed by atoms with Gasteiger partial charge in [0.05, 0.1) is 4.92 Å². The number of nitro benzene ring substituents is 1. The van der Waals surface area contributed by atoms with E-state index in [4.69, 9.17) is 0 Å². The van der Waals surface area contributed by atoms with Crippen molar-refractivity contribution in [3.8, 4) is 6.07 Å². The highest BCUT2D eigenvalue weighted by Crippen LogP contribution is 2.33. The van der Waals surface area contributed by atoms with Gasteiger partial charge in [-0.2, -0.15) is 5.26 Å². The molecular formula is C24H20N4O3. The largest absolute Gasteiger partial charge is 0.339 e. The van der Waals surface area contributed by atoms with Crippen molar-refractivity contribution in [2.45, 2.75) is 6.92 Å². The lowest BCUT2D eigenvalue weighted by Gasteiger charge is -2.19.